The molecule has 2 nitrogen and oxygen atoms in total. The van der Waals surface area contributed by atoms with Crippen LogP contribution in [-0.4, -0.2) is 14.2 Å². The van der Waals surface area contributed by atoms with E-state index >= 15 is 0 Å². The first-order chi connectivity index (χ1) is 9.06. The fourth-order valence-corrected chi connectivity index (χ4v) is 4.28. The summed E-state index contributed by atoms with van der Waals surface area (Å²) in [4.78, 5) is 1.16. The molecule has 0 radical (unpaired) electrons. The lowest BCUT2D eigenvalue weighted by Crippen LogP contribution is -2.16. The van der Waals surface area contributed by atoms with Crippen molar-refractivity contribution in [3.8, 4) is 5.75 Å². The van der Waals surface area contributed by atoms with E-state index in [1.54, 1.807) is 18.4 Å². The average molecular weight is 426 g/mol. The molecule has 1 aromatic carbocycles. The molecule has 19 heavy (non-hydrogen) atoms. The van der Waals surface area contributed by atoms with E-state index < -0.39 is 0 Å². The van der Waals surface area contributed by atoms with Gasteiger partial charge in [-0.1, -0.05) is 17.7 Å². The van der Waals surface area contributed by atoms with Gasteiger partial charge in [0.15, 0.2) is 0 Å². The maximum absolute atomic E-state index is 6.10. The molecule has 0 amide bonds. The van der Waals surface area contributed by atoms with Gasteiger partial charge >= 0.3 is 0 Å². The average Bonchev–Trinajstić information content (AvgIpc) is 2.70. The Morgan fingerprint density at radius 1 is 1.32 bits per heavy atom. The van der Waals surface area contributed by atoms with Gasteiger partial charge in [0, 0.05) is 4.88 Å². The van der Waals surface area contributed by atoms with Crippen molar-refractivity contribution in [1.29, 1.82) is 0 Å². The van der Waals surface area contributed by atoms with Gasteiger partial charge in [0.25, 0.3) is 0 Å². The lowest BCUT2D eigenvalue weighted by atomic mass is 10.1. The van der Waals surface area contributed by atoms with E-state index in [1.165, 1.54) is 0 Å². The molecule has 2 rings (SSSR count). The van der Waals surface area contributed by atoms with Gasteiger partial charge in [-0.25, -0.2) is 0 Å². The number of nitrogens with one attached hydrogen (secondary N) is 1. The van der Waals surface area contributed by atoms with Crippen LogP contribution in [-0.2, 0) is 0 Å². The summed E-state index contributed by atoms with van der Waals surface area (Å²) in [5.74, 6) is 0.823. The monoisotopic (exact) mass is 423 g/mol. The fourth-order valence-electron chi connectivity index (χ4n) is 1.84. The molecule has 0 saturated heterocycles. The number of hydrogen-bond acceptors (Lipinski definition) is 3. The summed E-state index contributed by atoms with van der Waals surface area (Å²) < 4.78 is 7.14. The first-order valence-corrected chi connectivity index (χ1v) is 8.30. The third-order valence-electron chi connectivity index (χ3n) is 2.75. The smallest absolute Gasteiger partial charge is 0.133 e. The standard InChI is InChI=1S/C13H12Br2ClNOS/c1-17-12(11-6-9(16)13(15)19-11)7-3-4-10(18-2)8(14)5-7/h3-6,12,17H,1-2H3. The van der Waals surface area contributed by atoms with Gasteiger partial charge in [-0.05, 0) is 62.7 Å². The maximum atomic E-state index is 6.10. The minimum absolute atomic E-state index is 0.107. The van der Waals surface area contributed by atoms with Crippen molar-refractivity contribution in [1.82, 2.24) is 5.32 Å². The normalized spacial score (nSPS) is 12.5. The number of methoxy groups -OCH3 is 1. The molecule has 0 aliphatic rings. The van der Waals surface area contributed by atoms with Crippen LogP contribution in [0.4, 0.5) is 0 Å². The number of halogens is 3. The van der Waals surface area contributed by atoms with Crippen molar-refractivity contribution in [2.45, 2.75) is 6.04 Å². The molecule has 0 aliphatic heterocycles. The third kappa shape index (κ3) is 3.34. The van der Waals surface area contributed by atoms with Crippen LogP contribution in [0.3, 0.4) is 0 Å². The number of thiophene rings is 1. The summed E-state index contributed by atoms with van der Waals surface area (Å²) in [6.45, 7) is 0. The van der Waals surface area contributed by atoms with Gasteiger partial charge < -0.3 is 10.1 Å². The van der Waals surface area contributed by atoms with Crippen LogP contribution in [0.5, 0.6) is 5.75 Å². The molecule has 0 bridgehead atoms. The minimum atomic E-state index is 0.107. The van der Waals surface area contributed by atoms with Crippen LogP contribution >= 0.6 is 54.8 Å². The van der Waals surface area contributed by atoms with Crippen LogP contribution in [0.1, 0.15) is 16.5 Å². The first-order valence-electron chi connectivity index (χ1n) is 5.52. The summed E-state index contributed by atoms with van der Waals surface area (Å²) in [6, 6.07) is 8.15. The molecule has 102 valence electrons. The summed E-state index contributed by atoms with van der Waals surface area (Å²) >= 11 is 14.7. The van der Waals surface area contributed by atoms with Crippen molar-refractivity contribution in [3.63, 3.8) is 0 Å². The lowest BCUT2D eigenvalue weighted by molar-refractivity contribution is 0.412. The summed E-state index contributed by atoms with van der Waals surface area (Å²) in [6.07, 6.45) is 0. The molecular formula is C13H12Br2ClNOS. The Morgan fingerprint density at radius 3 is 2.53 bits per heavy atom. The van der Waals surface area contributed by atoms with Gasteiger partial charge in [-0.3, -0.25) is 0 Å². The molecule has 1 heterocycles. The predicted molar refractivity (Wildman–Crippen MR) is 88.6 cm³/mol. The number of rotatable bonds is 4. The summed E-state index contributed by atoms with van der Waals surface area (Å²) in [5.41, 5.74) is 1.15. The minimum Gasteiger partial charge on any atom is -0.496 e. The Kier molecular flexibility index (Phi) is 5.31. The largest absolute Gasteiger partial charge is 0.496 e. The first kappa shape index (κ1) is 15.3. The Bertz CT molecular complexity index is 569. The molecule has 1 aromatic heterocycles. The van der Waals surface area contributed by atoms with Crippen LogP contribution in [0.2, 0.25) is 5.02 Å². The summed E-state index contributed by atoms with van der Waals surface area (Å²) in [5, 5.41) is 4.05. The highest BCUT2D eigenvalue weighted by molar-refractivity contribution is 9.11. The second kappa shape index (κ2) is 6.59. The fraction of sp³-hybridized carbons (Fsp3) is 0.231. The van der Waals surface area contributed by atoms with Gasteiger partial charge in [-0.2, -0.15) is 0 Å². The van der Waals surface area contributed by atoms with Gasteiger partial charge in [0.1, 0.15) is 5.75 Å². The van der Waals surface area contributed by atoms with E-state index in [0.717, 1.165) is 29.5 Å². The zero-order valence-electron chi connectivity index (χ0n) is 10.3. The lowest BCUT2D eigenvalue weighted by Gasteiger charge is -2.16. The van der Waals surface area contributed by atoms with Gasteiger partial charge in [0.2, 0.25) is 0 Å². The zero-order chi connectivity index (χ0) is 14.0. The molecule has 1 atom stereocenters. The van der Waals surface area contributed by atoms with E-state index in [4.69, 9.17) is 16.3 Å². The number of hydrogen-bond donors (Lipinski definition) is 1. The third-order valence-corrected chi connectivity index (χ3v) is 5.91. The Hall–Kier alpha value is -0.0700. The second-order valence-electron chi connectivity index (χ2n) is 3.89. The van der Waals surface area contributed by atoms with Crippen molar-refractivity contribution in [2.75, 3.05) is 14.2 Å². The summed E-state index contributed by atoms with van der Waals surface area (Å²) in [7, 11) is 3.59. The van der Waals surface area contributed by atoms with Gasteiger partial charge in [-0.15, -0.1) is 11.3 Å². The van der Waals surface area contributed by atoms with Crippen molar-refractivity contribution in [3.05, 3.63) is 48.0 Å². The Labute approximate surface area is 138 Å². The molecule has 0 saturated carbocycles. The highest BCUT2D eigenvalue weighted by Crippen LogP contribution is 2.38. The maximum Gasteiger partial charge on any atom is 0.133 e. The van der Waals surface area contributed by atoms with E-state index in [9.17, 15) is 0 Å². The van der Waals surface area contributed by atoms with E-state index in [1.807, 2.05) is 25.2 Å². The number of benzene rings is 1. The van der Waals surface area contributed by atoms with Crippen molar-refractivity contribution >= 4 is 54.8 Å². The highest BCUT2D eigenvalue weighted by Gasteiger charge is 2.17. The quantitative estimate of drug-likeness (QED) is 0.723. The highest BCUT2D eigenvalue weighted by atomic mass is 79.9. The molecule has 0 aliphatic carbocycles. The van der Waals surface area contributed by atoms with E-state index in [2.05, 4.69) is 43.2 Å². The molecule has 1 N–H and O–H groups in total. The topological polar surface area (TPSA) is 21.3 Å². The van der Waals surface area contributed by atoms with Crippen LogP contribution in [0.25, 0.3) is 0 Å². The van der Waals surface area contributed by atoms with Crippen LogP contribution in [0.15, 0.2) is 32.5 Å². The predicted octanol–water partition coefficient (Wildman–Crippen LogP) is 5.24. The molecular weight excluding hydrogens is 413 g/mol. The molecule has 2 aromatic rings. The van der Waals surface area contributed by atoms with Crippen LogP contribution in [0, 0.1) is 0 Å². The molecule has 1 unspecified atom stereocenters. The van der Waals surface area contributed by atoms with Crippen molar-refractivity contribution < 1.29 is 4.74 Å². The second-order valence-corrected chi connectivity index (χ2v) is 7.55. The Morgan fingerprint density at radius 2 is 2.05 bits per heavy atom. The molecule has 0 spiro atoms. The van der Waals surface area contributed by atoms with Gasteiger partial charge in [0.05, 0.1) is 26.4 Å². The Balaban J connectivity index is 2.39. The van der Waals surface area contributed by atoms with E-state index in [-0.39, 0.29) is 6.04 Å². The SMILES string of the molecule is CNC(c1ccc(OC)c(Br)c1)c1cc(Cl)c(Br)s1. The molecule has 6 heteroatoms. The molecule has 0 fully saturated rings. The number of ether oxygens (including phenoxy) is 1. The van der Waals surface area contributed by atoms with Crippen LogP contribution < -0.4 is 10.1 Å². The van der Waals surface area contributed by atoms with Crippen molar-refractivity contribution in [2.24, 2.45) is 0 Å². The van der Waals surface area contributed by atoms with E-state index in [0.29, 0.717) is 0 Å². The zero-order valence-corrected chi connectivity index (χ0v) is 15.1.